The second-order valence-corrected chi connectivity index (χ2v) is 12.4. The van der Waals surface area contributed by atoms with Crippen LogP contribution in [0.15, 0.2) is 76.8 Å². The molecule has 0 spiro atoms. The molecule has 2 aromatic carbocycles. The lowest BCUT2D eigenvalue weighted by atomic mass is 9.96. The normalized spacial score (nSPS) is 19.6. The highest BCUT2D eigenvalue weighted by Gasteiger charge is 2.41. The number of rotatable bonds is 9. The highest BCUT2D eigenvalue weighted by Crippen LogP contribution is 2.46. The average molecular weight is 636 g/mol. The second kappa shape index (κ2) is 13.3. The van der Waals surface area contributed by atoms with Crippen LogP contribution in [0.2, 0.25) is 0 Å². The third kappa shape index (κ3) is 6.31. The van der Waals surface area contributed by atoms with Gasteiger partial charge in [0.25, 0.3) is 0 Å². The SMILES string of the molecule is C=C(CN1CCC2=C1/C(=C\CC)N(c1cc(N3CCCC3)ccc1C(F)(F)F)N=C2c1cc(OC)cc(OC)c1)N1CCCCC1. The topological polar surface area (TPSA) is 43.8 Å². The zero-order valence-electron chi connectivity index (χ0n) is 27.1. The number of halogens is 3. The van der Waals surface area contributed by atoms with E-state index in [1.165, 1.54) is 17.5 Å². The summed E-state index contributed by atoms with van der Waals surface area (Å²) in [4.78, 5) is 6.79. The van der Waals surface area contributed by atoms with E-state index in [4.69, 9.17) is 14.6 Å². The van der Waals surface area contributed by atoms with Crippen molar-refractivity contribution in [1.82, 2.24) is 9.80 Å². The molecule has 2 saturated heterocycles. The molecule has 10 heteroatoms. The first-order valence-electron chi connectivity index (χ1n) is 16.4. The Morgan fingerprint density at radius 2 is 1.59 bits per heavy atom. The van der Waals surface area contributed by atoms with Crippen LogP contribution in [0.25, 0.3) is 0 Å². The van der Waals surface area contributed by atoms with E-state index < -0.39 is 11.7 Å². The molecule has 2 fully saturated rings. The number of benzene rings is 2. The van der Waals surface area contributed by atoms with Crippen molar-refractivity contribution < 1.29 is 22.6 Å². The molecule has 0 saturated carbocycles. The minimum Gasteiger partial charge on any atom is -0.497 e. The van der Waals surface area contributed by atoms with Crippen LogP contribution in [0.3, 0.4) is 0 Å². The van der Waals surface area contributed by atoms with Gasteiger partial charge in [-0.2, -0.15) is 18.3 Å². The average Bonchev–Trinajstić information content (AvgIpc) is 3.76. The van der Waals surface area contributed by atoms with E-state index in [1.807, 2.05) is 25.1 Å². The molecule has 2 aromatic rings. The number of allylic oxidation sites excluding steroid dienone is 1. The zero-order valence-corrected chi connectivity index (χ0v) is 27.1. The second-order valence-electron chi connectivity index (χ2n) is 12.4. The van der Waals surface area contributed by atoms with Gasteiger partial charge in [0.1, 0.15) is 11.5 Å². The molecular formula is C36H44F3N5O2. The van der Waals surface area contributed by atoms with Crippen molar-refractivity contribution >= 4 is 17.1 Å². The third-order valence-electron chi connectivity index (χ3n) is 9.38. The van der Waals surface area contributed by atoms with Crippen LogP contribution < -0.4 is 19.4 Å². The molecule has 46 heavy (non-hydrogen) atoms. The van der Waals surface area contributed by atoms with Crippen LogP contribution in [0.4, 0.5) is 24.5 Å². The summed E-state index contributed by atoms with van der Waals surface area (Å²) in [6.07, 6.45) is 4.32. The molecule has 0 N–H and O–H groups in total. The van der Waals surface area contributed by atoms with E-state index >= 15 is 0 Å². The molecular weight excluding hydrogens is 591 g/mol. The monoisotopic (exact) mass is 635 g/mol. The Balaban J connectivity index is 1.53. The molecule has 4 heterocycles. The van der Waals surface area contributed by atoms with E-state index in [2.05, 4.69) is 21.3 Å². The molecule has 0 unspecified atom stereocenters. The predicted molar refractivity (Wildman–Crippen MR) is 178 cm³/mol. The fraction of sp³-hybridized carbons (Fsp3) is 0.472. The molecule has 0 bridgehead atoms. The van der Waals surface area contributed by atoms with E-state index in [-0.39, 0.29) is 5.69 Å². The van der Waals surface area contributed by atoms with Crippen LogP contribution in [0, 0.1) is 0 Å². The van der Waals surface area contributed by atoms with Crippen LogP contribution in [0.1, 0.15) is 63.0 Å². The quantitative estimate of drug-likeness (QED) is 0.280. The van der Waals surface area contributed by atoms with E-state index in [9.17, 15) is 13.2 Å². The summed E-state index contributed by atoms with van der Waals surface area (Å²) in [6.45, 7) is 11.4. The molecule has 246 valence electrons. The number of nitrogens with zero attached hydrogens (tertiary/aromatic N) is 5. The van der Waals surface area contributed by atoms with Gasteiger partial charge in [0.2, 0.25) is 0 Å². The number of likely N-dealkylation sites (tertiary alicyclic amines) is 1. The molecule has 4 aliphatic heterocycles. The zero-order chi connectivity index (χ0) is 32.4. The van der Waals surface area contributed by atoms with E-state index in [1.54, 1.807) is 32.4 Å². The molecule has 6 rings (SSSR count). The predicted octanol–water partition coefficient (Wildman–Crippen LogP) is 7.80. The maximum Gasteiger partial charge on any atom is 0.418 e. The van der Waals surface area contributed by atoms with Gasteiger partial charge in [-0.15, -0.1) is 0 Å². The maximum absolute atomic E-state index is 14.8. The summed E-state index contributed by atoms with van der Waals surface area (Å²) < 4.78 is 55.5. The van der Waals surface area contributed by atoms with Gasteiger partial charge in [0.15, 0.2) is 0 Å². The first kappa shape index (κ1) is 31.9. The lowest BCUT2D eigenvalue weighted by Crippen LogP contribution is -2.37. The van der Waals surface area contributed by atoms with Crippen LogP contribution in [-0.2, 0) is 6.18 Å². The van der Waals surface area contributed by atoms with Crippen LogP contribution in [-0.4, -0.2) is 69.0 Å². The van der Waals surface area contributed by atoms with Crippen molar-refractivity contribution in [3.8, 4) is 11.5 Å². The highest BCUT2D eigenvalue weighted by atomic mass is 19.4. The molecule has 0 aliphatic carbocycles. The van der Waals surface area contributed by atoms with Crippen molar-refractivity contribution in [2.75, 3.05) is 63.4 Å². The largest absolute Gasteiger partial charge is 0.497 e. The summed E-state index contributed by atoms with van der Waals surface area (Å²) >= 11 is 0. The van der Waals surface area contributed by atoms with Crippen molar-refractivity contribution in [2.45, 2.75) is 58.0 Å². The summed E-state index contributed by atoms with van der Waals surface area (Å²) in [6, 6.07) is 10.0. The first-order valence-corrected chi connectivity index (χ1v) is 16.4. The van der Waals surface area contributed by atoms with E-state index in [0.717, 1.165) is 80.1 Å². The van der Waals surface area contributed by atoms with Gasteiger partial charge in [-0.1, -0.05) is 19.6 Å². The van der Waals surface area contributed by atoms with Crippen molar-refractivity contribution in [3.63, 3.8) is 0 Å². The number of hydrogen-bond donors (Lipinski definition) is 0. The molecule has 4 aliphatic rings. The Kier molecular flexibility index (Phi) is 9.25. The van der Waals surface area contributed by atoms with Gasteiger partial charge >= 0.3 is 6.18 Å². The van der Waals surface area contributed by atoms with Gasteiger partial charge in [0.05, 0.1) is 49.1 Å². The number of alkyl halides is 3. The summed E-state index contributed by atoms with van der Waals surface area (Å²) in [5.41, 5.74) is 5.05. The smallest absolute Gasteiger partial charge is 0.418 e. The molecule has 0 amide bonds. The standard InChI is InChI=1S/C36H44F3N5O2/c1-5-11-32-35-30(14-19-43(35)24-25(2)41-15-7-6-8-16-41)34(26-20-28(45-3)23-29(21-26)46-4)40-44(32)33-22-27(42-17-9-10-18-42)12-13-31(33)36(37,38)39/h11-13,20-23H,2,5-10,14-19,24H2,1,3-4H3/b32-11+. The van der Waals surface area contributed by atoms with Gasteiger partial charge in [0, 0.05) is 61.3 Å². The van der Waals surface area contributed by atoms with Gasteiger partial charge < -0.3 is 24.2 Å². The molecule has 7 nitrogen and oxygen atoms in total. The Labute approximate surface area is 270 Å². The number of hydrogen-bond acceptors (Lipinski definition) is 7. The number of piperidine rings is 1. The minimum absolute atomic E-state index is 0.0252. The van der Waals surface area contributed by atoms with Crippen molar-refractivity contribution in [3.05, 3.63) is 82.8 Å². The van der Waals surface area contributed by atoms with Gasteiger partial charge in [-0.05, 0) is 75.3 Å². The number of ether oxygens (including phenoxy) is 2. The van der Waals surface area contributed by atoms with Crippen LogP contribution in [0.5, 0.6) is 11.5 Å². The van der Waals surface area contributed by atoms with Gasteiger partial charge in [-0.25, -0.2) is 5.01 Å². The van der Waals surface area contributed by atoms with Crippen LogP contribution >= 0.6 is 0 Å². The third-order valence-corrected chi connectivity index (χ3v) is 9.38. The Morgan fingerprint density at radius 3 is 2.22 bits per heavy atom. The number of hydrazone groups is 1. The Morgan fingerprint density at radius 1 is 0.913 bits per heavy atom. The summed E-state index contributed by atoms with van der Waals surface area (Å²) in [7, 11) is 3.17. The summed E-state index contributed by atoms with van der Waals surface area (Å²) in [5.74, 6) is 1.17. The lowest BCUT2D eigenvalue weighted by Gasteiger charge is -2.37. The molecule has 0 radical (unpaired) electrons. The molecule has 0 aromatic heterocycles. The van der Waals surface area contributed by atoms with E-state index in [0.29, 0.717) is 48.8 Å². The number of methoxy groups -OCH3 is 2. The Bertz CT molecular complexity index is 1530. The van der Waals surface area contributed by atoms with Crippen molar-refractivity contribution in [2.24, 2.45) is 5.10 Å². The molecule has 0 atom stereocenters. The maximum atomic E-state index is 14.8. The highest BCUT2D eigenvalue weighted by molar-refractivity contribution is 6.15. The van der Waals surface area contributed by atoms with Gasteiger partial charge in [-0.3, -0.25) is 0 Å². The lowest BCUT2D eigenvalue weighted by molar-refractivity contribution is -0.137. The minimum atomic E-state index is -4.57. The first-order chi connectivity index (χ1) is 22.2. The number of anilines is 2. The fourth-order valence-electron chi connectivity index (χ4n) is 7.06. The summed E-state index contributed by atoms with van der Waals surface area (Å²) in [5, 5.41) is 6.63. The fourth-order valence-corrected chi connectivity index (χ4v) is 7.06. The Hall–Kier alpha value is -4.08. The van der Waals surface area contributed by atoms with Crippen molar-refractivity contribution in [1.29, 1.82) is 0 Å².